The molecule has 3 rings (SSSR count). The molecule has 2 aromatic carbocycles. The van der Waals surface area contributed by atoms with Gasteiger partial charge in [-0.05, 0) is 38.1 Å². The molecule has 0 bridgehead atoms. The molecule has 6 heteroatoms. The first-order chi connectivity index (χ1) is 13.0. The lowest BCUT2D eigenvalue weighted by Gasteiger charge is -2.12. The van der Waals surface area contributed by atoms with Gasteiger partial charge in [-0.1, -0.05) is 35.9 Å². The predicted molar refractivity (Wildman–Crippen MR) is 112 cm³/mol. The van der Waals surface area contributed by atoms with Crippen LogP contribution in [0.4, 0.5) is 11.4 Å². The summed E-state index contributed by atoms with van der Waals surface area (Å²) in [6.45, 7) is 3.78. The van der Waals surface area contributed by atoms with E-state index >= 15 is 0 Å². The number of amides is 2. The molecule has 0 spiro atoms. The van der Waals surface area contributed by atoms with Gasteiger partial charge in [0.05, 0.1) is 28.4 Å². The number of aromatic nitrogens is 1. The molecule has 27 heavy (non-hydrogen) atoms. The fourth-order valence-electron chi connectivity index (χ4n) is 2.49. The molecule has 0 saturated carbocycles. The number of nitrogens with one attached hydrogen (secondary N) is 2. The molecule has 1 heterocycles. The third kappa shape index (κ3) is 5.31. The van der Waals surface area contributed by atoms with E-state index in [9.17, 15) is 9.59 Å². The topological polar surface area (TPSA) is 71.1 Å². The van der Waals surface area contributed by atoms with E-state index in [1.165, 1.54) is 11.8 Å². The number of fused-ring (bicyclic) bond motifs is 1. The molecule has 2 amide bonds. The normalized spacial score (nSPS) is 11.8. The molecule has 0 fully saturated rings. The number of hydrogen-bond acceptors (Lipinski definition) is 4. The summed E-state index contributed by atoms with van der Waals surface area (Å²) in [4.78, 5) is 28.8. The second-order valence-electron chi connectivity index (χ2n) is 6.27. The summed E-state index contributed by atoms with van der Waals surface area (Å²) in [5, 5.41) is 6.30. The highest BCUT2D eigenvalue weighted by Gasteiger charge is 2.16. The molecule has 0 radical (unpaired) electrons. The Morgan fingerprint density at radius 3 is 2.56 bits per heavy atom. The van der Waals surface area contributed by atoms with Crippen molar-refractivity contribution >= 4 is 45.9 Å². The summed E-state index contributed by atoms with van der Waals surface area (Å²) >= 11 is 1.29. The van der Waals surface area contributed by atoms with E-state index < -0.39 is 0 Å². The lowest BCUT2D eigenvalue weighted by atomic mass is 10.2. The lowest BCUT2D eigenvalue weighted by molar-refractivity contribution is -0.115. The first-order valence-corrected chi connectivity index (χ1v) is 9.70. The van der Waals surface area contributed by atoms with Crippen molar-refractivity contribution in [2.45, 2.75) is 19.1 Å². The number of carbonyl (C=O) groups is 2. The van der Waals surface area contributed by atoms with Crippen LogP contribution in [0.1, 0.15) is 12.5 Å². The standard InChI is InChI=1S/C21H21N3O2S/c1-14-7-9-17(10-8-14)23-20(25)13-27-15(2)21(26)24-18-11-16-5-3-4-6-19(16)22-12-18/h3-12,15H,13H2,1-2H3,(H,23,25)(H,24,26)/t15-/m0/s1. The molecule has 3 aromatic rings. The van der Waals surface area contributed by atoms with E-state index in [0.29, 0.717) is 5.69 Å². The van der Waals surface area contributed by atoms with Crippen LogP contribution in [0.25, 0.3) is 10.9 Å². The summed E-state index contributed by atoms with van der Waals surface area (Å²) in [7, 11) is 0. The number of carbonyl (C=O) groups excluding carboxylic acids is 2. The number of aryl methyl sites for hydroxylation is 1. The molecule has 0 unspecified atom stereocenters. The number of para-hydroxylation sites is 1. The zero-order valence-electron chi connectivity index (χ0n) is 15.2. The predicted octanol–water partition coefficient (Wildman–Crippen LogP) is 4.24. The van der Waals surface area contributed by atoms with Crippen LogP contribution in [-0.2, 0) is 9.59 Å². The van der Waals surface area contributed by atoms with Crippen molar-refractivity contribution in [3.05, 3.63) is 66.4 Å². The Balaban J connectivity index is 1.50. The first-order valence-electron chi connectivity index (χ1n) is 8.65. The summed E-state index contributed by atoms with van der Waals surface area (Å²) in [5.74, 6) is -0.0746. The average molecular weight is 379 g/mol. The number of benzene rings is 2. The van der Waals surface area contributed by atoms with Gasteiger partial charge in [-0.15, -0.1) is 11.8 Å². The minimum atomic E-state index is -0.361. The summed E-state index contributed by atoms with van der Waals surface area (Å²) in [6, 6.07) is 17.2. The molecule has 5 nitrogen and oxygen atoms in total. The Bertz CT molecular complexity index is 957. The van der Waals surface area contributed by atoms with Crippen molar-refractivity contribution in [3.8, 4) is 0 Å². The van der Waals surface area contributed by atoms with Gasteiger partial charge in [0, 0.05) is 11.1 Å². The summed E-state index contributed by atoms with van der Waals surface area (Å²) in [6.07, 6.45) is 1.64. The number of pyridine rings is 1. The molecule has 0 aliphatic rings. The minimum absolute atomic E-state index is 0.129. The molecule has 138 valence electrons. The van der Waals surface area contributed by atoms with Gasteiger partial charge < -0.3 is 10.6 Å². The second-order valence-corrected chi connectivity index (χ2v) is 7.60. The van der Waals surface area contributed by atoms with Crippen molar-refractivity contribution in [1.82, 2.24) is 4.98 Å². The number of anilines is 2. The SMILES string of the molecule is Cc1ccc(NC(=O)CS[C@@H](C)C(=O)Nc2cnc3ccccc3c2)cc1. The van der Waals surface area contributed by atoms with Gasteiger partial charge in [-0.2, -0.15) is 0 Å². The van der Waals surface area contributed by atoms with Crippen LogP contribution >= 0.6 is 11.8 Å². The highest BCUT2D eigenvalue weighted by molar-refractivity contribution is 8.01. The van der Waals surface area contributed by atoms with E-state index in [-0.39, 0.29) is 22.8 Å². The van der Waals surface area contributed by atoms with Gasteiger partial charge in [0.25, 0.3) is 0 Å². The van der Waals surface area contributed by atoms with E-state index in [1.54, 1.807) is 13.1 Å². The van der Waals surface area contributed by atoms with E-state index in [2.05, 4.69) is 15.6 Å². The van der Waals surface area contributed by atoms with E-state index in [4.69, 9.17) is 0 Å². The van der Waals surface area contributed by atoms with Crippen LogP contribution < -0.4 is 10.6 Å². The summed E-state index contributed by atoms with van der Waals surface area (Å²) < 4.78 is 0. The van der Waals surface area contributed by atoms with E-state index in [0.717, 1.165) is 22.2 Å². The molecular weight excluding hydrogens is 358 g/mol. The fourth-order valence-corrected chi connectivity index (χ4v) is 3.18. The first kappa shape index (κ1) is 18.9. The van der Waals surface area contributed by atoms with Crippen LogP contribution in [0.15, 0.2) is 60.8 Å². The van der Waals surface area contributed by atoms with Crippen LogP contribution in [0.5, 0.6) is 0 Å². The Labute approximate surface area is 162 Å². The number of nitrogens with zero attached hydrogens (tertiary/aromatic N) is 1. The maximum atomic E-state index is 12.4. The lowest BCUT2D eigenvalue weighted by Crippen LogP contribution is -2.25. The van der Waals surface area contributed by atoms with Gasteiger partial charge in [-0.25, -0.2) is 0 Å². The van der Waals surface area contributed by atoms with Gasteiger partial charge in [0.15, 0.2) is 0 Å². The number of hydrogen-bond donors (Lipinski definition) is 2. The van der Waals surface area contributed by atoms with Gasteiger partial charge in [-0.3, -0.25) is 14.6 Å². The number of rotatable bonds is 6. The maximum absolute atomic E-state index is 12.4. The Morgan fingerprint density at radius 2 is 1.78 bits per heavy atom. The maximum Gasteiger partial charge on any atom is 0.237 e. The van der Waals surface area contributed by atoms with Crippen molar-refractivity contribution < 1.29 is 9.59 Å². The molecular formula is C21H21N3O2S. The molecule has 1 atom stereocenters. The number of thioether (sulfide) groups is 1. The Morgan fingerprint density at radius 1 is 1.04 bits per heavy atom. The van der Waals surface area contributed by atoms with Crippen molar-refractivity contribution in [2.75, 3.05) is 16.4 Å². The molecule has 0 aliphatic carbocycles. The molecule has 0 saturated heterocycles. The Hall–Kier alpha value is -2.86. The quantitative estimate of drug-likeness (QED) is 0.672. The van der Waals surface area contributed by atoms with Crippen LogP contribution in [0, 0.1) is 6.92 Å². The zero-order chi connectivity index (χ0) is 19.2. The second kappa shape index (κ2) is 8.68. The van der Waals surface area contributed by atoms with Crippen molar-refractivity contribution in [2.24, 2.45) is 0 Å². The largest absolute Gasteiger partial charge is 0.325 e. The molecule has 0 aliphatic heterocycles. The zero-order valence-corrected chi connectivity index (χ0v) is 16.0. The van der Waals surface area contributed by atoms with Crippen molar-refractivity contribution in [3.63, 3.8) is 0 Å². The smallest absolute Gasteiger partial charge is 0.237 e. The van der Waals surface area contributed by atoms with Crippen molar-refractivity contribution in [1.29, 1.82) is 0 Å². The van der Waals surface area contributed by atoms with Gasteiger partial charge >= 0.3 is 0 Å². The third-order valence-corrected chi connectivity index (χ3v) is 5.17. The van der Waals surface area contributed by atoms with E-state index in [1.807, 2.05) is 61.5 Å². The van der Waals surface area contributed by atoms with Crippen LogP contribution in [0.3, 0.4) is 0 Å². The minimum Gasteiger partial charge on any atom is -0.325 e. The van der Waals surface area contributed by atoms with Gasteiger partial charge in [0.1, 0.15) is 0 Å². The molecule has 1 aromatic heterocycles. The average Bonchev–Trinajstić information content (AvgIpc) is 2.67. The van der Waals surface area contributed by atoms with Crippen LogP contribution in [-0.4, -0.2) is 27.8 Å². The highest BCUT2D eigenvalue weighted by Crippen LogP contribution is 2.18. The van der Waals surface area contributed by atoms with Gasteiger partial charge in [0.2, 0.25) is 11.8 Å². The molecule has 2 N–H and O–H groups in total. The summed E-state index contributed by atoms with van der Waals surface area (Å²) in [5.41, 5.74) is 3.42. The monoisotopic (exact) mass is 379 g/mol. The third-order valence-electron chi connectivity index (χ3n) is 4.03. The Kier molecular flexibility index (Phi) is 6.08. The van der Waals surface area contributed by atoms with Crippen LogP contribution in [0.2, 0.25) is 0 Å². The fraction of sp³-hybridized carbons (Fsp3) is 0.190. The highest BCUT2D eigenvalue weighted by atomic mass is 32.2.